The van der Waals surface area contributed by atoms with Crippen LogP contribution >= 0.6 is 23.2 Å². The quantitative estimate of drug-likeness (QED) is 0.865. The maximum absolute atomic E-state index is 13.2. The molecule has 1 unspecified atom stereocenters. The minimum atomic E-state index is -0.223. The Balaban J connectivity index is 2.11. The van der Waals surface area contributed by atoms with Crippen LogP contribution in [0.2, 0.25) is 10.0 Å². The highest BCUT2D eigenvalue weighted by molar-refractivity contribution is 6.42. The number of nitrogens with two attached hydrogens (primary N) is 1. The molecule has 2 aromatic rings. The summed E-state index contributed by atoms with van der Waals surface area (Å²) >= 11 is 12.2. The predicted molar refractivity (Wildman–Crippen MR) is 82.8 cm³/mol. The maximum Gasteiger partial charge on any atom is 0.123 e. The van der Waals surface area contributed by atoms with Crippen molar-refractivity contribution in [2.45, 2.75) is 12.8 Å². The zero-order valence-electron chi connectivity index (χ0n) is 11.0. The van der Waals surface area contributed by atoms with Gasteiger partial charge >= 0.3 is 0 Å². The van der Waals surface area contributed by atoms with Gasteiger partial charge in [-0.05, 0) is 54.6 Å². The molecule has 106 valence electrons. The van der Waals surface area contributed by atoms with Crippen molar-refractivity contribution < 1.29 is 4.39 Å². The average Bonchev–Trinajstić information content (AvgIpc) is 2.43. The molecule has 0 saturated carbocycles. The molecule has 0 aromatic heterocycles. The highest BCUT2D eigenvalue weighted by Crippen LogP contribution is 2.28. The summed E-state index contributed by atoms with van der Waals surface area (Å²) in [6, 6.07) is 12.2. The molecule has 0 radical (unpaired) electrons. The summed E-state index contributed by atoms with van der Waals surface area (Å²) in [6.45, 7) is 0.513. The molecule has 0 fully saturated rings. The second-order valence-corrected chi connectivity index (χ2v) is 5.64. The van der Waals surface area contributed by atoms with E-state index in [1.165, 1.54) is 6.07 Å². The van der Waals surface area contributed by atoms with Crippen LogP contribution in [0.5, 0.6) is 0 Å². The predicted octanol–water partition coefficient (Wildman–Crippen LogP) is 4.49. The molecule has 4 heteroatoms. The summed E-state index contributed by atoms with van der Waals surface area (Å²) in [5.41, 5.74) is 7.75. The van der Waals surface area contributed by atoms with Gasteiger partial charge < -0.3 is 5.73 Å². The van der Waals surface area contributed by atoms with E-state index in [-0.39, 0.29) is 11.7 Å². The molecule has 0 aliphatic heterocycles. The molecular weight excluding hydrogens is 296 g/mol. The summed E-state index contributed by atoms with van der Waals surface area (Å²) in [5.74, 6) is -0.0215. The van der Waals surface area contributed by atoms with Gasteiger partial charge in [-0.15, -0.1) is 0 Å². The Hall–Kier alpha value is -1.09. The zero-order valence-corrected chi connectivity index (χ0v) is 12.5. The fraction of sp³-hybridized carbons (Fsp3) is 0.250. The lowest BCUT2D eigenvalue weighted by molar-refractivity contribution is 0.530. The van der Waals surface area contributed by atoms with Gasteiger partial charge in [0, 0.05) is 0 Å². The third-order valence-electron chi connectivity index (χ3n) is 3.29. The number of hydrogen-bond acceptors (Lipinski definition) is 1. The largest absolute Gasteiger partial charge is 0.330 e. The van der Waals surface area contributed by atoms with E-state index < -0.39 is 0 Å². The lowest BCUT2D eigenvalue weighted by Crippen LogP contribution is -2.19. The van der Waals surface area contributed by atoms with Crippen molar-refractivity contribution in [2.24, 2.45) is 11.7 Å². The Labute approximate surface area is 128 Å². The molecule has 0 heterocycles. The second kappa shape index (κ2) is 7.07. The minimum absolute atomic E-state index is 0.202. The van der Waals surface area contributed by atoms with Crippen molar-refractivity contribution in [2.75, 3.05) is 6.54 Å². The van der Waals surface area contributed by atoms with Crippen molar-refractivity contribution in [3.05, 3.63) is 69.5 Å². The van der Waals surface area contributed by atoms with Crippen molar-refractivity contribution in [1.82, 2.24) is 0 Å². The average molecular weight is 312 g/mol. The number of rotatable bonds is 5. The molecule has 2 N–H and O–H groups in total. The third-order valence-corrected chi connectivity index (χ3v) is 4.14. The van der Waals surface area contributed by atoms with Gasteiger partial charge in [0.25, 0.3) is 0 Å². The molecule has 0 spiro atoms. The van der Waals surface area contributed by atoms with Gasteiger partial charge in [-0.2, -0.15) is 0 Å². The van der Waals surface area contributed by atoms with E-state index in [0.29, 0.717) is 16.6 Å². The molecular formula is C16H16Cl2FN. The van der Waals surface area contributed by atoms with Crippen LogP contribution < -0.4 is 5.73 Å². The first-order chi connectivity index (χ1) is 9.60. The van der Waals surface area contributed by atoms with Crippen LogP contribution in [0.3, 0.4) is 0 Å². The second-order valence-electron chi connectivity index (χ2n) is 4.85. The highest BCUT2D eigenvalue weighted by atomic mass is 35.5. The summed E-state index contributed by atoms with van der Waals surface area (Å²) in [7, 11) is 0. The van der Waals surface area contributed by atoms with E-state index in [1.807, 2.05) is 18.2 Å². The Morgan fingerprint density at radius 1 is 1.05 bits per heavy atom. The molecule has 0 amide bonds. The molecule has 0 bridgehead atoms. The van der Waals surface area contributed by atoms with Crippen LogP contribution in [0.25, 0.3) is 0 Å². The van der Waals surface area contributed by atoms with Crippen molar-refractivity contribution in [3.63, 3.8) is 0 Å². The third kappa shape index (κ3) is 3.95. The van der Waals surface area contributed by atoms with E-state index in [9.17, 15) is 4.39 Å². The fourth-order valence-electron chi connectivity index (χ4n) is 2.25. The monoisotopic (exact) mass is 311 g/mol. The Morgan fingerprint density at radius 3 is 2.50 bits per heavy atom. The van der Waals surface area contributed by atoms with Crippen LogP contribution in [-0.2, 0) is 12.8 Å². The van der Waals surface area contributed by atoms with Crippen LogP contribution in [0.4, 0.5) is 4.39 Å². The lowest BCUT2D eigenvalue weighted by Gasteiger charge is -2.16. The standard InChI is InChI=1S/C16H16Cl2FN/c17-15-6-2-4-13(16(15)18)8-12(10-20)7-11-3-1-5-14(19)9-11/h1-6,9,12H,7-8,10,20H2. The molecule has 0 aliphatic carbocycles. The van der Waals surface area contributed by atoms with Gasteiger partial charge in [0.1, 0.15) is 5.82 Å². The number of halogens is 3. The van der Waals surface area contributed by atoms with Gasteiger partial charge in [0.2, 0.25) is 0 Å². The van der Waals surface area contributed by atoms with E-state index in [1.54, 1.807) is 18.2 Å². The molecule has 20 heavy (non-hydrogen) atoms. The first-order valence-electron chi connectivity index (χ1n) is 6.47. The molecule has 0 saturated heterocycles. The van der Waals surface area contributed by atoms with E-state index >= 15 is 0 Å². The van der Waals surface area contributed by atoms with Crippen LogP contribution in [0.1, 0.15) is 11.1 Å². The first-order valence-corrected chi connectivity index (χ1v) is 7.23. The van der Waals surface area contributed by atoms with Gasteiger partial charge in [-0.25, -0.2) is 4.39 Å². The van der Waals surface area contributed by atoms with Gasteiger partial charge in [0.15, 0.2) is 0 Å². The van der Waals surface area contributed by atoms with Crippen LogP contribution in [0, 0.1) is 11.7 Å². The normalized spacial score (nSPS) is 12.4. The Bertz CT molecular complexity index is 586. The molecule has 2 aromatic carbocycles. The summed E-state index contributed by atoms with van der Waals surface area (Å²) in [5, 5.41) is 1.12. The summed E-state index contributed by atoms with van der Waals surface area (Å²) < 4.78 is 13.2. The SMILES string of the molecule is NCC(Cc1cccc(F)c1)Cc1cccc(Cl)c1Cl. The van der Waals surface area contributed by atoms with E-state index in [0.717, 1.165) is 24.0 Å². The molecule has 2 rings (SSSR count). The first kappa shape index (κ1) is 15.3. The molecule has 1 atom stereocenters. The highest BCUT2D eigenvalue weighted by Gasteiger charge is 2.13. The van der Waals surface area contributed by atoms with Crippen LogP contribution in [0.15, 0.2) is 42.5 Å². The Morgan fingerprint density at radius 2 is 1.80 bits per heavy atom. The number of hydrogen-bond donors (Lipinski definition) is 1. The van der Waals surface area contributed by atoms with Crippen molar-refractivity contribution in [3.8, 4) is 0 Å². The fourth-order valence-corrected chi connectivity index (χ4v) is 2.65. The summed E-state index contributed by atoms with van der Waals surface area (Å²) in [6.07, 6.45) is 1.45. The zero-order chi connectivity index (χ0) is 14.5. The van der Waals surface area contributed by atoms with Gasteiger partial charge in [-0.1, -0.05) is 47.5 Å². The number of benzene rings is 2. The maximum atomic E-state index is 13.2. The summed E-state index contributed by atoms with van der Waals surface area (Å²) in [4.78, 5) is 0. The minimum Gasteiger partial charge on any atom is -0.330 e. The molecule has 1 nitrogen and oxygen atoms in total. The molecule has 0 aliphatic rings. The van der Waals surface area contributed by atoms with Gasteiger partial charge in [-0.3, -0.25) is 0 Å². The Kier molecular flexibility index (Phi) is 5.41. The smallest absolute Gasteiger partial charge is 0.123 e. The van der Waals surface area contributed by atoms with Crippen LogP contribution in [-0.4, -0.2) is 6.54 Å². The topological polar surface area (TPSA) is 26.0 Å². The lowest BCUT2D eigenvalue weighted by atomic mass is 9.92. The van der Waals surface area contributed by atoms with Gasteiger partial charge in [0.05, 0.1) is 10.0 Å². The van der Waals surface area contributed by atoms with E-state index in [2.05, 4.69) is 0 Å². The van der Waals surface area contributed by atoms with E-state index in [4.69, 9.17) is 28.9 Å². The van der Waals surface area contributed by atoms with Crippen molar-refractivity contribution in [1.29, 1.82) is 0 Å². The van der Waals surface area contributed by atoms with Crippen molar-refractivity contribution >= 4 is 23.2 Å².